The van der Waals surface area contributed by atoms with E-state index in [2.05, 4.69) is 12.1 Å². The number of carbonyl (C=O) groups is 2. The largest absolute Gasteiger partial charge is 0.480 e. The van der Waals surface area contributed by atoms with Gasteiger partial charge in [0.1, 0.15) is 12.6 Å². The highest BCUT2D eigenvalue weighted by molar-refractivity contribution is 6.30. The number of aliphatic carboxylic acids is 1. The van der Waals surface area contributed by atoms with Crippen molar-refractivity contribution in [2.45, 2.75) is 24.8 Å². The Bertz CT molecular complexity index is 1080. The van der Waals surface area contributed by atoms with Crippen molar-refractivity contribution in [3.63, 3.8) is 0 Å². The van der Waals surface area contributed by atoms with Gasteiger partial charge in [-0.05, 0) is 52.8 Å². The average Bonchev–Trinajstić information content (AvgIpc) is 3.12. The summed E-state index contributed by atoms with van der Waals surface area (Å²) in [6.07, 6.45) is 0.141. The second-order valence-electron chi connectivity index (χ2n) is 7.93. The third-order valence-electron chi connectivity index (χ3n) is 6.00. The van der Waals surface area contributed by atoms with E-state index in [1.54, 1.807) is 12.1 Å². The van der Waals surface area contributed by atoms with Crippen molar-refractivity contribution in [2.75, 3.05) is 13.7 Å². The molecule has 0 spiro atoms. The van der Waals surface area contributed by atoms with Crippen molar-refractivity contribution >= 4 is 23.7 Å². The van der Waals surface area contributed by atoms with Crippen LogP contribution in [0.15, 0.2) is 72.8 Å². The zero-order chi connectivity index (χ0) is 22.7. The van der Waals surface area contributed by atoms with Gasteiger partial charge in [0.25, 0.3) is 0 Å². The van der Waals surface area contributed by atoms with Crippen LogP contribution < -0.4 is 0 Å². The fourth-order valence-electron chi connectivity index (χ4n) is 4.26. The highest BCUT2D eigenvalue weighted by Crippen LogP contribution is 2.44. The Morgan fingerprint density at radius 1 is 0.969 bits per heavy atom. The maximum absolute atomic E-state index is 12.7. The monoisotopic (exact) mass is 449 g/mol. The van der Waals surface area contributed by atoms with Crippen molar-refractivity contribution in [2.24, 2.45) is 0 Å². The van der Waals surface area contributed by atoms with E-state index < -0.39 is 18.1 Å². The molecule has 32 heavy (non-hydrogen) atoms. The molecule has 164 valence electrons. The van der Waals surface area contributed by atoms with Crippen molar-refractivity contribution in [1.29, 1.82) is 0 Å². The summed E-state index contributed by atoms with van der Waals surface area (Å²) >= 11 is 5.91. The summed E-state index contributed by atoms with van der Waals surface area (Å²) in [6.45, 7) is 0.153. The summed E-state index contributed by atoms with van der Waals surface area (Å²) in [7, 11) is 1.47. The van der Waals surface area contributed by atoms with Gasteiger partial charge in [-0.1, -0.05) is 72.3 Å². The van der Waals surface area contributed by atoms with Gasteiger partial charge in [0.05, 0.1) is 0 Å². The third kappa shape index (κ3) is 4.48. The van der Waals surface area contributed by atoms with E-state index in [0.717, 1.165) is 27.8 Å². The molecule has 0 aromatic heterocycles. The molecule has 0 saturated carbocycles. The Balaban J connectivity index is 1.42. The number of amides is 1. The molecule has 3 aromatic carbocycles. The normalized spacial score (nSPS) is 13.2. The minimum Gasteiger partial charge on any atom is -0.480 e. The van der Waals surface area contributed by atoms with Crippen LogP contribution in [-0.4, -0.2) is 41.8 Å². The molecule has 4 rings (SSSR count). The number of likely N-dealkylation sites (N-methyl/N-ethyl adjacent to an activating group) is 1. The summed E-state index contributed by atoms with van der Waals surface area (Å²) < 4.78 is 5.61. The summed E-state index contributed by atoms with van der Waals surface area (Å²) in [5, 5.41) is 10.3. The number of halogens is 1. The quantitative estimate of drug-likeness (QED) is 0.509. The molecule has 1 amide bonds. The van der Waals surface area contributed by atoms with E-state index in [1.807, 2.05) is 48.5 Å². The Kier molecular flexibility index (Phi) is 6.47. The molecule has 3 aromatic rings. The molecule has 1 atom stereocenters. The molecule has 0 saturated heterocycles. The molecule has 0 radical (unpaired) electrons. The van der Waals surface area contributed by atoms with Gasteiger partial charge in [0.15, 0.2) is 0 Å². The highest BCUT2D eigenvalue weighted by Gasteiger charge is 2.31. The first-order valence-electron chi connectivity index (χ1n) is 10.5. The topological polar surface area (TPSA) is 66.8 Å². The van der Waals surface area contributed by atoms with E-state index in [4.69, 9.17) is 16.3 Å². The molecule has 1 aliphatic carbocycles. The van der Waals surface area contributed by atoms with Gasteiger partial charge in [0.2, 0.25) is 0 Å². The van der Waals surface area contributed by atoms with Crippen LogP contribution in [0.3, 0.4) is 0 Å². The van der Waals surface area contributed by atoms with Crippen molar-refractivity contribution in [3.8, 4) is 11.1 Å². The number of aryl methyl sites for hydroxylation is 1. The van der Waals surface area contributed by atoms with Gasteiger partial charge in [-0.3, -0.25) is 4.90 Å². The van der Waals surface area contributed by atoms with Crippen molar-refractivity contribution in [3.05, 3.63) is 94.5 Å². The molecule has 0 heterocycles. The molecule has 6 heteroatoms. The van der Waals surface area contributed by atoms with Crippen molar-refractivity contribution in [1.82, 2.24) is 4.90 Å². The first-order chi connectivity index (χ1) is 15.5. The predicted octanol–water partition coefficient (Wildman–Crippen LogP) is 5.61. The van der Waals surface area contributed by atoms with Crippen LogP contribution in [-0.2, 0) is 16.0 Å². The van der Waals surface area contributed by atoms with Gasteiger partial charge < -0.3 is 9.84 Å². The second kappa shape index (κ2) is 9.45. The number of ether oxygens (including phenoxy) is 1. The van der Waals surface area contributed by atoms with E-state index in [9.17, 15) is 14.7 Å². The highest BCUT2D eigenvalue weighted by atomic mass is 35.5. The smallest absolute Gasteiger partial charge is 0.410 e. The van der Waals surface area contributed by atoms with E-state index in [-0.39, 0.29) is 18.9 Å². The maximum Gasteiger partial charge on any atom is 0.410 e. The standard InChI is InChI=1S/C26H24ClNO4/c1-28(24(25(29)30)15-12-17-10-13-18(27)14-11-17)26(31)32-16-23-21-8-4-2-6-19(21)20-7-3-5-9-22(20)23/h2-11,13-14,23-24H,12,15-16H2,1H3,(H,29,30)/t24-/m0/s1. The van der Waals surface area contributed by atoms with Crippen LogP contribution in [0.25, 0.3) is 11.1 Å². The lowest BCUT2D eigenvalue weighted by atomic mass is 9.98. The first kappa shape index (κ1) is 21.9. The Morgan fingerprint density at radius 2 is 1.53 bits per heavy atom. The van der Waals surface area contributed by atoms with Crippen LogP contribution in [0, 0.1) is 0 Å². The molecular weight excluding hydrogens is 426 g/mol. The third-order valence-corrected chi connectivity index (χ3v) is 6.25. The number of fused-ring (bicyclic) bond motifs is 3. The van der Waals surface area contributed by atoms with Crippen molar-refractivity contribution < 1.29 is 19.4 Å². The van der Waals surface area contributed by atoms with Gasteiger partial charge >= 0.3 is 12.1 Å². The number of nitrogens with zero attached hydrogens (tertiary/aromatic N) is 1. The van der Waals surface area contributed by atoms with Crippen LogP contribution in [0.4, 0.5) is 4.79 Å². The summed E-state index contributed by atoms with van der Waals surface area (Å²) in [5.74, 6) is -1.13. The summed E-state index contributed by atoms with van der Waals surface area (Å²) in [4.78, 5) is 25.8. The van der Waals surface area contributed by atoms with Gasteiger partial charge in [0, 0.05) is 18.0 Å². The van der Waals surface area contributed by atoms with Gasteiger partial charge in [-0.15, -0.1) is 0 Å². The lowest BCUT2D eigenvalue weighted by Gasteiger charge is -2.25. The number of rotatable bonds is 7. The average molecular weight is 450 g/mol. The molecule has 1 aliphatic rings. The Hall–Kier alpha value is -3.31. The number of carboxylic acids is 1. The number of benzene rings is 3. The summed E-state index contributed by atoms with van der Waals surface area (Å²) in [6, 6.07) is 22.4. The van der Waals surface area contributed by atoms with Gasteiger partial charge in [-0.2, -0.15) is 0 Å². The molecule has 0 aliphatic heterocycles. The maximum atomic E-state index is 12.7. The van der Waals surface area contributed by atoms with Crippen LogP contribution in [0.1, 0.15) is 29.0 Å². The van der Waals surface area contributed by atoms with Crippen LogP contribution in [0.2, 0.25) is 5.02 Å². The number of carbonyl (C=O) groups excluding carboxylic acids is 1. The zero-order valence-electron chi connectivity index (χ0n) is 17.7. The number of hydrogen-bond donors (Lipinski definition) is 1. The minimum atomic E-state index is -1.06. The fourth-order valence-corrected chi connectivity index (χ4v) is 4.39. The number of carboxylic acid groups (broad SMARTS) is 1. The molecule has 1 N–H and O–H groups in total. The molecule has 0 bridgehead atoms. The fraction of sp³-hybridized carbons (Fsp3) is 0.231. The first-order valence-corrected chi connectivity index (χ1v) is 10.9. The number of hydrogen-bond acceptors (Lipinski definition) is 3. The predicted molar refractivity (Wildman–Crippen MR) is 124 cm³/mol. The van der Waals surface area contributed by atoms with Crippen LogP contribution in [0.5, 0.6) is 0 Å². The lowest BCUT2D eigenvalue weighted by molar-refractivity contribution is -0.142. The Morgan fingerprint density at radius 3 is 2.09 bits per heavy atom. The van der Waals surface area contributed by atoms with E-state index >= 15 is 0 Å². The lowest BCUT2D eigenvalue weighted by Crippen LogP contribution is -2.43. The SMILES string of the molecule is CN(C(=O)OCC1c2ccccc2-c2ccccc21)[C@@H](CCc1ccc(Cl)cc1)C(=O)O. The molecule has 0 fully saturated rings. The van der Waals surface area contributed by atoms with E-state index in [0.29, 0.717) is 11.4 Å². The second-order valence-corrected chi connectivity index (χ2v) is 8.37. The zero-order valence-corrected chi connectivity index (χ0v) is 18.5. The van der Waals surface area contributed by atoms with E-state index in [1.165, 1.54) is 11.9 Å². The molecule has 5 nitrogen and oxygen atoms in total. The molecule has 0 unspecified atom stereocenters. The Labute approximate surface area is 192 Å². The minimum absolute atomic E-state index is 0.0721. The van der Waals surface area contributed by atoms with Gasteiger partial charge in [-0.25, -0.2) is 9.59 Å². The summed E-state index contributed by atoms with van der Waals surface area (Å²) in [5.41, 5.74) is 5.47. The van der Waals surface area contributed by atoms with Crippen LogP contribution >= 0.6 is 11.6 Å². The molecular formula is C26H24ClNO4.